The Morgan fingerprint density at radius 1 is 1.03 bits per heavy atom. The van der Waals surface area contributed by atoms with Crippen LogP contribution in [0.4, 0.5) is 5.69 Å². The second kappa shape index (κ2) is 8.87. The van der Waals surface area contributed by atoms with Crippen molar-refractivity contribution in [2.24, 2.45) is 0 Å². The van der Waals surface area contributed by atoms with Gasteiger partial charge in [0.05, 0.1) is 11.6 Å². The Balaban J connectivity index is 1.66. The van der Waals surface area contributed by atoms with E-state index in [1.165, 1.54) is 4.68 Å². The summed E-state index contributed by atoms with van der Waals surface area (Å²) in [6.07, 6.45) is 1.66. The Bertz CT molecular complexity index is 1430. The van der Waals surface area contributed by atoms with E-state index in [0.29, 0.717) is 17.0 Å². The van der Waals surface area contributed by atoms with Gasteiger partial charge in [-0.2, -0.15) is 5.10 Å². The van der Waals surface area contributed by atoms with Crippen LogP contribution in [-0.2, 0) is 17.9 Å². The molecule has 0 atom stereocenters. The average Bonchev–Trinajstić information content (AvgIpc) is 2.99. The Labute approximate surface area is 197 Å². The van der Waals surface area contributed by atoms with Gasteiger partial charge in [0.1, 0.15) is 6.54 Å². The molecule has 33 heavy (non-hydrogen) atoms. The number of carbonyl (C=O) groups excluding carboxylic acids is 1. The number of carbonyl (C=O) groups is 1. The van der Waals surface area contributed by atoms with Gasteiger partial charge in [-0.3, -0.25) is 9.59 Å². The number of nitrogens with one attached hydrogen (secondary N) is 1. The van der Waals surface area contributed by atoms with Gasteiger partial charge in [0.15, 0.2) is 0 Å². The molecule has 6 nitrogen and oxygen atoms in total. The van der Waals surface area contributed by atoms with E-state index in [-0.39, 0.29) is 18.0 Å². The van der Waals surface area contributed by atoms with Crippen molar-refractivity contribution in [3.63, 3.8) is 0 Å². The lowest BCUT2D eigenvalue weighted by Crippen LogP contribution is -2.30. The minimum Gasteiger partial charge on any atom is -0.343 e. The van der Waals surface area contributed by atoms with E-state index in [2.05, 4.69) is 15.0 Å². The third-order valence-corrected chi connectivity index (χ3v) is 6.50. The fourth-order valence-electron chi connectivity index (χ4n) is 4.48. The number of nitrogens with zero attached hydrogens (tertiary/aromatic N) is 3. The van der Waals surface area contributed by atoms with Gasteiger partial charge in [0, 0.05) is 34.0 Å². The summed E-state index contributed by atoms with van der Waals surface area (Å²) in [4.78, 5) is 26.0. The van der Waals surface area contributed by atoms with Crippen molar-refractivity contribution in [1.29, 1.82) is 0 Å². The minimum atomic E-state index is -0.288. The number of fused-ring (bicyclic) bond motifs is 1. The molecule has 0 radical (unpaired) electrons. The van der Waals surface area contributed by atoms with Crippen LogP contribution >= 0.6 is 11.6 Å². The Morgan fingerprint density at radius 3 is 2.36 bits per heavy atom. The first kappa shape index (κ1) is 22.8. The molecule has 1 N–H and O–H groups in total. The zero-order valence-corrected chi connectivity index (χ0v) is 20.2. The number of anilines is 1. The molecule has 1 amide bonds. The highest BCUT2D eigenvalue weighted by Crippen LogP contribution is 2.25. The van der Waals surface area contributed by atoms with Crippen LogP contribution < -0.4 is 10.9 Å². The second-order valence-electron chi connectivity index (χ2n) is 8.57. The molecular weight excluding hydrogens is 436 g/mol. The van der Waals surface area contributed by atoms with Crippen LogP contribution in [0.3, 0.4) is 0 Å². The lowest BCUT2D eigenvalue weighted by molar-refractivity contribution is -0.117. The smallest absolute Gasteiger partial charge is 0.276 e. The topological polar surface area (TPSA) is 68.9 Å². The Kier molecular flexibility index (Phi) is 6.13. The molecule has 0 spiro atoms. The summed E-state index contributed by atoms with van der Waals surface area (Å²) < 4.78 is 3.29. The fourth-order valence-corrected chi connectivity index (χ4v) is 4.68. The van der Waals surface area contributed by atoms with Crippen molar-refractivity contribution >= 4 is 34.0 Å². The molecule has 4 rings (SSSR count). The highest BCUT2D eigenvalue weighted by Gasteiger charge is 2.18. The number of benzene rings is 2. The van der Waals surface area contributed by atoms with Crippen LogP contribution in [0.5, 0.6) is 0 Å². The van der Waals surface area contributed by atoms with Gasteiger partial charge in [-0.15, -0.1) is 0 Å². The molecule has 170 valence electrons. The van der Waals surface area contributed by atoms with Crippen LogP contribution in [0.25, 0.3) is 10.8 Å². The minimum absolute atomic E-state index is 0.157. The van der Waals surface area contributed by atoms with E-state index in [1.807, 2.05) is 71.0 Å². The fraction of sp³-hybridized carbons (Fsp3) is 0.269. The summed E-state index contributed by atoms with van der Waals surface area (Å²) in [5.41, 5.74) is 6.35. The Morgan fingerprint density at radius 2 is 1.70 bits per heavy atom. The summed E-state index contributed by atoms with van der Waals surface area (Å²) >= 11 is 6.35. The van der Waals surface area contributed by atoms with E-state index in [1.54, 1.807) is 6.20 Å². The summed E-state index contributed by atoms with van der Waals surface area (Å²) in [6.45, 7) is 10.2. The first-order valence-corrected chi connectivity index (χ1v) is 11.2. The number of hydrogen-bond acceptors (Lipinski definition) is 3. The van der Waals surface area contributed by atoms with Gasteiger partial charge >= 0.3 is 0 Å². The molecule has 2 heterocycles. The molecule has 0 bridgehead atoms. The largest absolute Gasteiger partial charge is 0.343 e. The SMILES string of the molecule is Cc1cc(C)c(NC(=O)Cn2ncc3c(C)n(Cc4ccccc4Cl)c(C)c3c2=O)c(C)c1. The first-order chi connectivity index (χ1) is 15.7. The van der Waals surface area contributed by atoms with Crippen LogP contribution in [-0.4, -0.2) is 20.3 Å². The maximum Gasteiger partial charge on any atom is 0.276 e. The maximum atomic E-state index is 13.3. The molecular formula is C26H27ClN4O2. The molecule has 7 heteroatoms. The van der Waals surface area contributed by atoms with E-state index >= 15 is 0 Å². The van der Waals surface area contributed by atoms with Crippen molar-refractivity contribution in [3.05, 3.63) is 91.6 Å². The number of amides is 1. The molecule has 0 unspecified atom stereocenters. The van der Waals surface area contributed by atoms with Crippen molar-refractivity contribution in [1.82, 2.24) is 14.3 Å². The van der Waals surface area contributed by atoms with E-state index in [9.17, 15) is 9.59 Å². The second-order valence-corrected chi connectivity index (χ2v) is 8.97. The summed E-state index contributed by atoms with van der Waals surface area (Å²) in [5, 5.41) is 9.27. The van der Waals surface area contributed by atoms with E-state index in [0.717, 1.165) is 44.7 Å². The van der Waals surface area contributed by atoms with Gasteiger partial charge in [-0.05, 0) is 57.4 Å². The molecule has 2 aromatic carbocycles. The Hall–Kier alpha value is -3.38. The zero-order chi connectivity index (χ0) is 23.9. The number of halogens is 1. The van der Waals surface area contributed by atoms with Crippen LogP contribution in [0.2, 0.25) is 5.02 Å². The monoisotopic (exact) mass is 462 g/mol. The van der Waals surface area contributed by atoms with E-state index < -0.39 is 0 Å². The van der Waals surface area contributed by atoms with Crippen LogP contribution in [0.15, 0.2) is 47.4 Å². The molecule has 0 aliphatic rings. The molecule has 0 saturated carbocycles. The van der Waals surface area contributed by atoms with Gasteiger partial charge in [-0.25, -0.2) is 4.68 Å². The number of rotatable bonds is 5. The summed E-state index contributed by atoms with van der Waals surface area (Å²) in [6, 6.07) is 11.7. The lowest BCUT2D eigenvalue weighted by Gasteiger charge is -2.13. The number of aromatic nitrogens is 3. The van der Waals surface area contributed by atoms with Crippen LogP contribution in [0, 0.1) is 34.6 Å². The highest BCUT2D eigenvalue weighted by atomic mass is 35.5. The van der Waals surface area contributed by atoms with Crippen molar-refractivity contribution in [2.75, 3.05) is 5.32 Å². The average molecular weight is 463 g/mol. The zero-order valence-electron chi connectivity index (χ0n) is 19.5. The van der Waals surface area contributed by atoms with Crippen LogP contribution in [0.1, 0.15) is 33.6 Å². The standard InChI is InChI=1S/C26H27ClN4O2/c1-15-10-16(2)25(17(3)11-15)29-23(32)14-31-26(33)24-19(5)30(18(4)21(24)12-28-31)13-20-8-6-7-9-22(20)27/h6-12H,13-14H2,1-5H3,(H,29,32). The lowest BCUT2D eigenvalue weighted by atomic mass is 10.1. The maximum absolute atomic E-state index is 13.3. The third-order valence-electron chi connectivity index (χ3n) is 6.13. The number of aryl methyl sites for hydroxylation is 5. The van der Waals surface area contributed by atoms with Gasteiger partial charge in [-0.1, -0.05) is 47.5 Å². The molecule has 0 fully saturated rings. The molecule has 0 saturated heterocycles. The number of hydrogen-bond donors (Lipinski definition) is 1. The summed E-state index contributed by atoms with van der Waals surface area (Å²) in [5.74, 6) is -0.288. The van der Waals surface area contributed by atoms with Gasteiger partial charge in [0.2, 0.25) is 5.91 Å². The molecule has 0 aliphatic heterocycles. The normalized spacial score (nSPS) is 11.2. The molecule has 2 aromatic heterocycles. The molecule has 0 aliphatic carbocycles. The van der Waals surface area contributed by atoms with Gasteiger partial charge in [0.25, 0.3) is 5.56 Å². The predicted octanol–water partition coefficient (Wildman–Crippen LogP) is 5.08. The first-order valence-electron chi connectivity index (χ1n) is 10.8. The van der Waals surface area contributed by atoms with Gasteiger partial charge < -0.3 is 9.88 Å². The quantitative estimate of drug-likeness (QED) is 0.449. The van der Waals surface area contributed by atoms with Crippen molar-refractivity contribution in [2.45, 2.75) is 47.7 Å². The van der Waals surface area contributed by atoms with E-state index in [4.69, 9.17) is 11.6 Å². The third kappa shape index (κ3) is 4.31. The highest BCUT2D eigenvalue weighted by molar-refractivity contribution is 6.31. The van der Waals surface area contributed by atoms with Crippen molar-refractivity contribution in [3.8, 4) is 0 Å². The van der Waals surface area contributed by atoms with Crippen molar-refractivity contribution < 1.29 is 4.79 Å². The predicted molar refractivity (Wildman–Crippen MR) is 133 cm³/mol. The summed E-state index contributed by atoms with van der Waals surface area (Å²) in [7, 11) is 0. The molecule has 4 aromatic rings.